The van der Waals surface area contributed by atoms with Crippen LogP contribution in [0.4, 0.5) is 0 Å². The number of aromatic nitrogens is 2. The molecule has 0 unspecified atom stereocenters. The Labute approximate surface area is 146 Å². The van der Waals surface area contributed by atoms with Crippen LogP contribution in [0.2, 0.25) is 0 Å². The predicted octanol–water partition coefficient (Wildman–Crippen LogP) is 5.06. The lowest BCUT2D eigenvalue weighted by molar-refractivity contribution is 0.0729. The van der Waals surface area contributed by atoms with Gasteiger partial charge in [0.2, 0.25) is 5.62 Å². The molecule has 4 nitrogen and oxygen atoms in total. The van der Waals surface area contributed by atoms with Crippen molar-refractivity contribution >= 4 is 11.0 Å². The Kier molecular flexibility index (Phi) is 8.10. The minimum absolute atomic E-state index is 0.475. The fourth-order valence-corrected chi connectivity index (χ4v) is 3.24. The number of rotatable bonds is 12. The average molecular weight is 332 g/mol. The minimum atomic E-state index is 0.475. The summed E-state index contributed by atoms with van der Waals surface area (Å²) < 4.78 is 9.83. The van der Waals surface area contributed by atoms with Gasteiger partial charge in [0.25, 0.3) is 0 Å². The van der Waals surface area contributed by atoms with E-state index >= 15 is 0 Å². The fourth-order valence-electron chi connectivity index (χ4n) is 3.24. The number of benzene rings is 1. The molecule has 0 aliphatic carbocycles. The number of ether oxygens (including phenoxy) is 1. The minimum Gasteiger partial charge on any atom is -0.361 e. The zero-order valence-corrected chi connectivity index (χ0v) is 15.4. The van der Waals surface area contributed by atoms with Crippen molar-refractivity contribution in [1.82, 2.24) is 9.13 Å². The molecule has 1 aromatic heterocycles. The molecule has 4 heteroatoms. The van der Waals surface area contributed by atoms with Crippen molar-refractivity contribution in [2.75, 3.05) is 6.61 Å². The van der Waals surface area contributed by atoms with Crippen LogP contribution in [-0.2, 0) is 18.0 Å². The maximum absolute atomic E-state index is 8.35. The summed E-state index contributed by atoms with van der Waals surface area (Å²) in [4.78, 5) is 0. The first-order valence-corrected chi connectivity index (χ1v) is 9.60. The number of hydrogen-bond acceptors (Lipinski definition) is 2. The average Bonchev–Trinajstić information content (AvgIpc) is 2.88. The summed E-state index contributed by atoms with van der Waals surface area (Å²) in [7, 11) is 0. The van der Waals surface area contributed by atoms with Gasteiger partial charge in [0, 0.05) is 13.2 Å². The number of nitrogens with one attached hydrogen (secondary N) is 1. The van der Waals surface area contributed by atoms with Crippen LogP contribution >= 0.6 is 0 Å². The van der Waals surface area contributed by atoms with E-state index in [1.807, 2.05) is 21.3 Å². The molecule has 0 atom stereocenters. The monoisotopic (exact) mass is 331 g/mol. The summed E-state index contributed by atoms with van der Waals surface area (Å²) in [6, 6.07) is 8.20. The van der Waals surface area contributed by atoms with Crippen LogP contribution < -0.4 is 5.62 Å². The lowest BCUT2D eigenvalue weighted by Crippen LogP contribution is -2.25. The summed E-state index contributed by atoms with van der Waals surface area (Å²) in [5, 5.41) is 8.35. The number of para-hydroxylation sites is 2. The van der Waals surface area contributed by atoms with Crippen LogP contribution in [-0.4, -0.2) is 15.7 Å². The lowest BCUT2D eigenvalue weighted by Gasteiger charge is -2.07. The van der Waals surface area contributed by atoms with Gasteiger partial charge in [-0.3, -0.25) is 9.98 Å². The first kappa shape index (κ1) is 18.8. The van der Waals surface area contributed by atoms with Gasteiger partial charge in [-0.05, 0) is 25.5 Å². The van der Waals surface area contributed by atoms with Crippen LogP contribution in [0.1, 0.15) is 65.2 Å². The van der Waals surface area contributed by atoms with Gasteiger partial charge in [-0.25, -0.2) is 0 Å². The van der Waals surface area contributed by atoms with Gasteiger partial charge in [0.05, 0.1) is 11.0 Å². The number of imidazole rings is 1. The highest BCUT2D eigenvalue weighted by Crippen LogP contribution is 2.13. The second-order valence-electron chi connectivity index (χ2n) is 6.50. The van der Waals surface area contributed by atoms with E-state index in [1.54, 1.807) is 0 Å². The van der Waals surface area contributed by atoms with Gasteiger partial charge in [-0.2, -0.15) is 0 Å². The van der Waals surface area contributed by atoms with Crippen LogP contribution in [0, 0.1) is 5.41 Å². The molecular formula is C20H33N3O. The second-order valence-corrected chi connectivity index (χ2v) is 6.50. The molecule has 0 radical (unpaired) electrons. The summed E-state index contributed by atoms with van der Waals surface area (Å²) >= 11 is 0. The van der Waals surface area contributed by atoms with E-state index in [9.17, 15) is 0 Å². The summed E-state index contributed by atoms with van der Waals surface area (Å²) in [5.74, 6) is 0. The van der Waals surface area contributed by atoms with Crippen molar-refractivity contribution in [3.63, 3.8) is 0 Å². The first-order valence-electron chi connectivity index (χ1n) is 9.60. The maximum atomic E-state index is 8.35. The third-order valence-corrected chi connectivity index (χ3v) is 4.65. The molecule has 1 N–H and O–H groups in total. The SMILES string of the molecule is CCCCCCCCCCOCn1c(=N)n(CC)c2ccccc21. The summed E-state index contributed by atoms with van der Waals surface area (Å²) in [6.45, 7) is 6.41. The van der Waals surface area contributed by atoms with Crippen LogP contribution in [0.5, 0.6) is 0 Å². The van der Waals surface area contributed by atoms with Crippen molar-refractivity contribution in [3.8, 4) is 0 Å². The van der Waals surface area contributed by atoms with Crippen LogP contribution in [0.3, 0.4) is 0 Å². The third kappa shape index (κ3) is 4.97. The molecule has 2 aromatic rings. The topological polar surface area (TPSA) is 42.9 Å². The molecule has 0 saturated heterocycles. The van der Waals surface area contributed by atoms with E-state index in [0.29, 0.717) is 12.3 Å². The molecule has 0 aliphatic heterocycles. The standard InChI is InChI=1S/C20H33N3O/c1-3-5-6-7-8-9-10-13-16-24-17-23-19-15-12-11-14-18(19)22(4-2)20(23)21/h11-12,14-15,21H,3-10,13,16-17H2,1-2H3. The highest BCUT2D eigenvalue weighted by molar-refractivity contribution is 5.75. The summed E-state index contributed by atoms with van der Waals surface area (Å²) in [5.41, 5.74) is 2.72. The Morgan fingerprint density at radius 3 is 2.04 bits per heavy atom. The number of nitrogens with zero attached hydrogens (tertiary/aromatic N) is 2. The smallest absolute Gasteiger partial charge is 0.204 e. The number of aryl methyl sites for hydroxylation is 1. The zero-order chi connectivity index (χ0) is 17.2. The predicted molar refractivity (Wildman–Crippen MR) is 100 cm³/mol. The molecule has 24 heavy (non-hydrogen) atoms. The molecule has 0 saturated carbocycles. The second kappa shape index (κ2) is 10.3. The van der Waals surface area contributed by atoms with E-state index in [0.717, 1.165) is 30.6 Å². The Hall–Kier alpha value is -1.55. The number of hydrogen-bond donors (Lipinski definition) is 1. The Morgan fingerprint density at radius 2 is 1.42 bits per heavy atom. The molecule has 0 amide bonds. The van der Waals surface area contributed by atoms with E-state index in [2.05, 4.69) is 26.0 Å². The van der Waals surface area contributed by atoms with E-state index in [4.69, 9.17) is 10.1 Å². The Bertz CT molecular complexity index is 656. The van der Waals surface area contributed by atoms with Gasteiger partial charge in [0.1, 0.15) is 6.73 Å². The molecular weight excluding hydrogens is 298 g/mol. The molecule has 0 aliphatic rings. The molecule has 1 aromatic carbocycles. The van der Waals surface area contributed by atoms with Crippen LogP contribution in [0.25, 0.3) is 11.0 Å². The number of fused-ring (bicyclic) bond motifs is 1. The normalized spacial score (nSPS) is 11.4. The quantitative estimate of drug-likeness (QED) is 0.543. The first-order chi connectivity index (χ1) is 11.8. The Balaban J connectivity index is 1.73. The molecule has 134 valence electrons. The molecule has 1 heterocycles. The van der Waals surface area contributed by atoms with Gasteiger partial charge in [-0.1, -0.05) is 64.0 Å². The highest BCUT2D eigenvalue weighted by atomic mass is 16.5. The van der Waals surface area contributed by atoms with E-state index < -0.39 is 0 Å². The molecule has 0 fully saturated rings. The fraction of sp³-hybridized carbons (Fsp3) is 0.650. The molecule has 2 rings (SSSR count). The maximum Gasteiger partial charge on any atom is 0.204 e. The molecule has 0 spiro atoms. The van der Waals surface area contributed by atoms with E-state index in [-0.39, 0.29) is 0 Å². The van der Waals surface area contributed by atoms with Gasteiger partial charge in [-0.15, -0.1) is 0 Å². The Morgan fingerprint density at radius 1 is 0.833 bits per heavy atom. The van der Waals surface area contributed by atoms with Crippen molar-refractivity contribution in [1.29, 1.82) is 5.41 Å². The van der Waals surface area contributed by atoms with Gasteiger partial charge >= 0.3 is 0 Å². The van der Waals surface area contributed by atoms with Crippen molar-refractivity contribution < 1.29 is 4.74 Å². The third-order valence-electron chi connectivity index (χ3n) is 4.65. The summed E-state index contributed by atoms with van der Waals surface area (Å²) in [6.07, 6.45) is 10.5. The van der Waals surface area contributed by atoms with Crippen molar-refractivity contribution in [2.24, 2.45) is 0 Å². The van der Waals surface area contributed by atoms with Gasteiger partial charge < -0.3 is 9.30 Å². The van der Waals surface area contributed by atoms with Crippen molar-refractivity contribution in [2.45, 2.75) is 78.5 Å². The lowest BCUT2D eigenvalue weighted by atomic mass is 10.1. The van der Waals surface area contributed by atoms with Crippen molar-refractivity contribution in [3.05, 3.63) is 29.9 Å². The largest absolute Gasteiger partial charge is 0.361 e. The zero-order valence-electron chi connectivity index (χ0n) is 15.4. The van der Waals surface area contributed by atoms with E-state index in [1.165, 1.54) is 44.9 Å². The number of unbranched alkanes of at least 4 members (excludes halogenated alkanes) is 7. The van der Waals surface area contributed by atoms with Crippen LogP contribution in [0.15, 0.2) is 24.3 Å². The van der Waals surface area contributed by atoms with Gasteiger partial charge in [0.15, 0.2) is 0 Å². The highest BCUT2D eigenvalue weighted by Gasteiger charge is 2.08. The molecule has 0 bridgehead atoms.